The van der Waals surface area contributed by atoms with Gasteiger partial charge in [-0.1, -0.05) is 18.2 Å². The number of thioether (sulfide) groups is 1. The van der Waals surface area contributed by atoms with Gasteiger partial charge in [0.15, 0.2) is 0 Å². The van der Waals surface area contributed by atoms with Gasteiger partial charge in [-0.3, -0.25) is 20.4 Å². The molecule has 12 heteroatoms. The molecule has 1 unspecified atom stereocenters. The van der Waals surface area contributed by atoms with Crippen LogP contribution in [0, 0.1) is 0 Å². The molecule has 0 saturated carbocycles. The molecule has 0 radical (unpaired) electrons. The van der Waals surface area contributed by atoms with Gasteiger partial charge in [0.2, 0.25) is 0 Å². The van der Waals surface area contributed by atoms with Crippen molar-refractivity contribution in [1.82, 2.24) is 15.3 Å². The number of anilines is 2. The molecule has 36 heavy (non-hydrogen) atoms. The van der Waals surface area contributed by atoms with Crippen LogP contribution < -0.4 is 15.8 Å². The van der Waals surface area contributed by atoms with E-state index in [0.717, 1.165) is 4.90 Å². The van der Waals surface area contributed by atoms with Gasteiger partial charge in [0.05, 0.1) is 5.69 Å². The number of nitrogens with one attached hydrogen (secondary N) is 2. The van der Waals surface area contributed by atoms with Crippen LogP contribution in [0.4, 0.5) is 29.5 Å². The summed E-state index contributed by atoms with van der Waals surface area (Å²) in [7, 11) is 0. The van der Waals surface area contributed by atoms with E-state index in [1.807, 2.05) is 0 Å². The van der Waals surface area contributed by atoms with Crippen LogP contribution in [0.1, 0.15) is 22.8 Å². The molecule has 1 aromatic heterocycles. The number of hydrazine groups is 1. The number of nitrogens with zero attached hydrogens (tertiary/aromatic N) is 3. The van der Waals surface area contributed by atoms with E-state index in [0.29, 0.717) is 16.9 Å². The highest BCUT2D eigenvalue weighted by Crippen LogP contribution is 2.38. The standard InChI is InChI=1S/C24H20F3N5O3S/c1-15-22(34)32(18-7-9-19(10-8-18)36-24(25,26)27)23(35)31(15)14-16-11-12-28-20(13-16)29-30-21(33)17-5-3-2-4-6-17/h2-13,15H,14H2,1H3,(H,28,29)(H,30,33). The zero-order valence-electron chi connectivity index (χ0n) is 18.8. The highest BCUT2D eigenvalue weighted by atomic mass is 32.2. The van der Waals surface area contributed by atoms with E-state index < -0.39 is 23.5 Å². The third-order valence-electron chi connectivity index (χ3n) is 5.33. The Balaban J connectivity index is 1.43. The lowest BCUT2D eigenvalue weighted by Gasteiger charge is -2.20. The average Bonchev–Trinajstić information content (AvgIpc) is 3.06. The average molecular weight is 516 g/mol. The fourth-order valence-electron chi connectivity index (χ4n) is 3.57. The van der Waals surface area contributed by atoms with Crippen LogP contribution in [0.3, 0.4) is 0 Å². The summed E-state index contributed by atoms with van der Waals surface area (Å²) < 4.78 is 37.7. The van der Waals surface area contributed by atoms with Gasteiger partial charge in [-0.25, -0.2) is 14.7 Å². The second-order valence-corrected chi connectivity index (χ2v) is 8.93. The highest BCUT2D eigenvalue weighted by molar-refractivity contribution is 8.00. The third kappa shape index (κ3) is 5.77. The molecular formula is C24H20F3N5O3S. The number of carbonyl (C=O) groups is 3. The minimum Gasteiger partial charge on any atom is -0.308 e. The zero-order chi connectivity index (χ0) is 25.9. The van der Waals surface area contributed by atoms with Gasteiger partial charge in [0.1, 0.15) is 11.9 Å². The van der Waals surface area contributed by atoms with Crippen molar-refractivity contribution in [3.05, 3.63) is 84.1 Å². The predicted octanol–water partition coefficient (Wildman–Crippen LogP) is 4.81. The van der Waals surface area contributed by atoms with Crippen molar-refractivity contribution >= 4 is 41.1 Å². The van der Waals surface area contributed by atoms with Gasteiger partial charge in [-0.2, -0.15) is 13.2 Å². The number of alkyl halides is 3. The number of aromatic nitrogens is 1. The third-order valence-corrected chi connectivity index (χ3v) is 6.07. The lowest BCUT2D eigenvalue weighted by Crippen LogP contribution is -2.33. The Kier molecular flexibility index (Phi) is 7.15. The van der Waals surface area contributed by atoms with E-state index in [4.69, 9.17) is 0 Å². The lowest BCUT2D eigenvalue weighted by molar-refractivity contribution is -0.119. The Morgan fingerprint density at radius 2 is 1.75 bits per heavy atom. The Bertz CT molecular complexity index is 1270. The van der Waals surface area contributed by atoms with E-state index in [2.05, 4.69) is 15.8 Å². The number of hydrogen-bond donors (Lipinski definition) is 2. The number of hydrogen-bond acceptors (Lipinski definition) is 6. The zero-order valence-corrected chi connectivity index (χ0v) is 19.6. The number of benzene rings is 2. The van der Waals surface area contributed by atoms with Crippen molar-refractivity contribution in [2.24, 2.45) is 0 Å². The molecule has 0 bridgehead atoms. The molecule has 4 amide bonds. The largest absolute Gasteiger partial charge is 0.446 e. The number of urea groups is 1. The molecule has 186 valence electrons. The molecule has 8 nitrogen and oxygen atoms in total. The Labute approximate surface area is 208 Å². The van der Waals surface area contributed by atoms with E-state index in [9.17, 15) is 27.6 Å². The van der Waals surface area contributed by atoms with Crippen LogP contribution in [0.2, 0.25) is 0 Å². The Morgan fingerprint density at radius 1 is 1.06 bits per heavy atom. The quantitative estimate of drug-likeness (QED) is 0.267. The molecule has 3 aromatic rings. The first kappa shape index (κ1) is 25.0. The van der Waals surface area contributed by atoms with Gasteiger partial charge in [-0.05, 0) is 72.8 Å². The number of imide groups is 1. The topological polar surface area (TPSA) is 94.6 Å². The van der Waals surface area contributed by atoms with Crippen molar-refractivity contribution in [3.8, 4) is 0 Å². The summed E-state index contributed by atoms with van der Waals surface area (Å²) in [5.74, 6) is -0.511. The normalized spacial score (nSPS) is 15.8. The van der Waals surface area contributed by atoms with Gasteiger partial charge >= 0.3 is 11.5 Å². The molecule has 4 rings (SSSR count). The van der Waals surface area contributed by atoms with Crippen molar-refractivity contribution in [2.45, 2.75) is 29.9 Å². The number of amides is 4. The van der Waals surface area contributed by atoms with Crippen molar-refractivity contribution in [3.63, 3.8) is 0 Å². The Morgan fingerprint density at radius 3 is 2.42 bits per heavy atom. The molecule has 1 fully saturated rings. The summed E-state index contributed by atoms with van der Waals surface area (Å²) in [6.07, 6.45) is 1.49. The SMILES string of the molecule is CC1C(=O)N(c2ccc(SC(F)(F)F)cc2)C(=O)N1Cc1ccnc(NNC(=O)c2ccccc2)c1. The van der Waals surface area contributed by atoms with Gasteiger partial charge in [0, 0.05) is 23.2 Å². The van der Waals surface area contributed by atoms with Gasteiger partial charge in [-0.15, -0.1) is 0 Å². The van der Waals surface area contributed by atoms with E-state index in [1.165, 1.54) is 35.4 Å². The first-order valence-corrected chi connectivity index (χ1v) is 11.5. The minimum atomic E-state index is -4.44. The first-order chi connectivity index (χ1) is 17.1. The molecule has 2 aromatic carbocycles. The minimum absolute atomic E-state index is 0.0496. The summed E-state index contributed by atoms with van der Waals surface area (Å²) in [5, 5.41) is 0. The van der Waals surface area contributed by atoms with E-state index >= 15 is 0 Å². The van der Waals surface area contributed by atoms with Gasteiger partial charge in [0.25, 0.3) is 11.8 Å². The van der Waals surface area contributed by atoms with Crippen molar-refractivity contribution in [1.29, 1.82) is 0 Å². The molecule has 1 saturated heterocycles. The van der Waals surface area contributed by atoms with Crippen LogP contribution in [-0.2, 0) is 11.3 Å². The highest BCUT2D eigenvalue weighted by Gasteiger charge is 2.43. The van der Waals surface area contributed by atoms with E-state index in [1.54, 1.807) is 49.4 Å². The molecule has 2 heterocycles. The molecule has 0 aliphatic carbocycles. The summed E-state index contributed by atoms with van der Waals surface area (Å²) in [4.78, 5) is 44.5. The number of carbonyl (C=O) groups excluding carboxylic acids is 3. The predicted molar refractivity (Wildman–Crippen MR) is 128 cm³/mol. The molecule has 0 spiro atoms. The number of rotatable bonds is 7. The van der Waals surface area contributed by atoms with Crippen LogP contribution in [0.5, 0.6) is 0 Å². The maximum Gasteiger partial charge on any atom is 0.446 e. The Hall–Kier alpha value is -4.06. The summed E-state index contributed by atoms with van der Waals surface area (Å²) in [6, 6.07) is 15.6. The summed E-state index contributed by atoms with van der Waals surface area (Å²) >= 11 is -0.275. The first-order valence-electron chi connectivity index (χ1n) is 10.7. The molecule has 2 N–H and O–H groups in total. The van der Waals surface area contributed by atoms with Gasteiger partial charge < -0.3 is 4.90 Å². The maximum atomic E-state index is 13.1. The number of pyridine rings is 1. The summed E-state index contributed by atoms with van der Waals surface area (Å²) in [5.41, 5.74) is 2.12. The fraction of sp³-hybridized carbons (Fsp3) is 0.167. The van der Waals surface area contributed by atoms with E-state index in [-0.39, 0.29) is 34.8 Å². The van der Waals surface area contributed by atoms with Crippen LogP contribution in [0.15, 0.2) is 77.8 Å². The van der Waals surface area contributed by atoms with Crippen molar-refractivity contribution in [2.75, 3.05) is 10.3 Å². The van der Waals surface area contributed by atoms with Crippen LogP contribution in [0.25, 0.3) is 0 Å². The molecule has 1 atom stereocenters. The molecular weight excluding hydrogens is 495 g/mol. The molecule has 1 aliphatic heterocycles. The smallest absolute Gasteiger partial charge is 0.308 e. The monoisotopic (exact) mass is 515 g/mol. The maximum absolute atomic E-state index is 13.1. The van der Waals surface area contributed by atoms with Crippen molar-refractivity contribution < 1.29 is 27.6 Å². The molecule has 1 aliphatic rings. The summed E-state index contributed by atoms with van der Waals surface area (Å²) in [6.45, 7) is 1.66. The number of halogens is 3. The van der Waals surface area contributed by atoms with Crippen LogP contribution >= 0.6 is 11.8 Å². The van der Waals surface area contributed by atoms with Crippen LogP contribution in [-0.4, -0.2) is 39.3 Å². The second kappa shape index (κ2) is 10.3. The lowest BCUT2D eigenvalue weighted by atomic mass is 10.2. The second-order valence-electron chi connectivity index (χ2n) is 7.80. The fourth-order valence-corrected chi connectivity index (χ4v) is 4.11.